The summed E-state index contributed by atoms with van der Waals surface area (Å²) in [5.41, 5.74) is -0.586. The van der Waals surface area contributed by atoms with Crippen LogP contribution in [0.2, 0.25) is 0 Å². The van der Waals surface area contributed by atoms with Crippen molar-refractivity contribution < 1.29 is 14.1 Å². The SMILES string of the molecule is O=C(NC1CC2CCC(C1)N2)c1ccc(F)cc1[N+](=O)[O-]. The number of piperidine rings is 1. The molecule has 2 N–H and O–H groups in total. The Morgan fingerprint density at radius 2 is 2.00 bits per heavy atom. The van der Waals surface area contributed by atoms with Gasteiger partial charge in [0.2, 0.25) is 0 Å². The summed E-state index contributed by atoms with van der Waals surface area (Å²) in [6, 6.07) is 3.85. The van der Waals surface area contributed by atoms with Gasteiger partial charge in [-0.05, 0) is 37.8 Å². The van der Waals surface area contributed by atoms with Crippen molar-refractivity contribution in [3.8, 4) is 0 Å². The molecule has 6 nitrogen and oxygen atoms in total. The molecule has 0 spiro atoms. The molecule has 112 valence electrons. The van der Waals surface area contributed by atoms with Crippen LogP contribution in [0.5, 0.6) is 0 Å². The Balaban J connectivity index is 1.75. The zero-order valence-corrected chi connectivity index (χ0v) is 11.3. The number of nitrogens with zero attached hydrogens (tertiary/aromatic N) is 1. The van der Waals surface area contributed by atoms with Gasteiger partial charge >= 0.3 is 0 Å². The van der Waals surface area contributed by atoms with Crippen LogP contribution in [0.15, 0.2) is 18.2 Å². The largest absolute Gasteiger partial charge is 0.349 e. The van der Waals surface area contributed by atoms with Crippen molar-refractivity contribution in [2.45, 2.75) is 43.8 Å². The van der Waals surface area contributed by atoms with E-state index in [0.29, 0.717) is 12.1 Å². The summed E-state index contributed by atoms with van der Waals surface area (Å²) in [6.45, 7) is 0. The first kappa shape index (κ1) is 13.9. The van der Waals surface area contributed by atoms with E-state index in [4.69, 9.17) is 0 Å². The van der Waals surface area contributed by atoms with Gasteiger partial charge in [0.15, 0.2) is 0 Å². The van der Waals surface area contributed by atoms with E-state index in [0.717, 1.165) is 37.8 Å². The molecular formula is C14H16FN3O3. The number of nitrogens with one attached hydrogen (secondary N) is 2. The van der Waals surface area contributed by atoms with Crippen LogP contribution in [0.3, 0.4) is 0 Å². The molecule has 0 saturated carbocycles. The van der Waals surface area contributed by atoms with Crippen LogP contribution in [0, 0.1) is 15.9 Å². The molecule has 3 rings (SSSR count). The van der Waals surface area contributed by atoms with Crippen molar-refractivity contribution in [2.24, 2.45) is 0 Å². The first-order valence-corrected chi connectivity index (χ1v) is 7.04. The maximum absolute atomic E-state index is 13.1. The number of benzene rings is 1. The number of carbonyl (C=O) groups excluding carboxylic acids is 1. The lowest BCUT2D eigenvalue weighted by atomic mass is 9.99. The van der Waals surface area contributed by atoms with Crippen molar-refractivity contribution in [1.29, 1.82) is 0 Å². The van der Waals surface area contributed by atoms with Crippen LogP contribution >= 0.6 is 0 Å². The summed E-state index contributed by atoms with van der Waals surface area (Å²) in [5.74, 6) is -1.23. The molecule has 2 heterocycles. The molecule has 1 amide bonds. The molecule has 2 atom stereocenters. The Bertz CT molecular complexity index is 581. The average Bonchev–Trinajstić information content (AvgIpc) is 2.77. The molecule has 2 fully saturated rings. The fraction of sp³-hybridized carbons (Fsp3) is 0.500. The zero-order chi connectivity index (χ0) is 15.0. The van der Waals surface area contributed by atoms with Crippen LogP contribution < -0.4 is 10.6 Å². The number of amides is 1. The van der Waals surface area contributed by atoms with Crippen molar-refractivity contribution >= 4 is 11.6 Å². The molecule has 1 aromatic rings. The smallest absolute Gasteiger partial charge is 0.285 e. The highest BCUT2D eigenvalue weighted by atomic mass is 19.1. The Hall–Kier alpha value is -2.02. The molecule has 2 saturated heterocycles. The second-order valence-corrected chi connectivity index (χ2v) is 5.70. The minimum atomic E-state index is -0.732. The number of carbonyl (C=O) groups is 1. The minimum Gasteiger partial charge on any atom is -0.349 e. The summed E-state index contributed by atoms with van der Waals surface area (Å²) < 4.78 is 13.1. The molecule has 7 heteroatoms. The molecule has 1 aromatic carbocycles. The van der Waals surface area contributed by atoms with Gasteiger partial charge in [0.1, 0.15) is 11.4 Å². The number of fused-ring (bicyclic) bond motifs is 2. The quantitative estimate of drug-likeness (QED) is 0.657. The number of hydrogen-bond acceptors (Lipinski definition) is 4. The van der Waals surface area contributed by atoms with E-state index >= 15 is 0 Å². The lowest BCUT2D eigenvalue weighted by Crippen LogP contribution is -2.48. The highest BCUT2D eigenvalue weighted by molar-refractivity contribution is 5.98. The molecule has 2 bridgehead atoms. The van der Waals surface area contributed by atoms with E-state index in [1.807, 2.05) is 0 Å². The van der Waals surface area contributed by atoms with Crippen LogP contribution in [0.1, 0.15) is 36.0 Å². The van der Waals surface area contributed by atoms with Crippen molar-refractivity contribution in [1.82, 2.24) is 10.6 Å². The third-order valence-electron chi connectivity index (χ3n) is 4.21. The van der Waals surface area contributed by atoms with Crippen LogP contribution in [-0.2, 0) is 0 Å². The van der Waals surface area contributed by atoms with Gasteiger partial charge in [-0.1, -0.05) is 0 Å². The third-order valence-corrected chi connectivity index (χ3v) is 4.21. The van der Waals surface area contributed by atoms with E-state index in [2.05, 4.69) is 10.6 Å². The van der Waals surface area contributed by atoms with Gasteiger partial charge in [0.05, 0.1) is 11.0 Å². The Morgan fingerprint density at radius 1 is 1.33 bits per heavy atom. The molecular weight excluding hydrogens is 277 g/mol. The van der Waals surface area contributed by atoms with Gasteiger partial charge in [-0.25, -0.2) is 4.39 Å². The van der Waals surface area contributed by atoms with Gasteiger partial charge in [0.25, 0.3) is 11.6 Å². The molecule has 0 aromatic heterocycles. The summed E-state index contributed by atoms with van der Waals surface area (Å²) in [6.07, 6.45) is 3.87. The van der Waals surface area contributed by atoms with Gasteiger partial charge in [0, 0.05) is 18.1 Å². The van der Waals surface area contributed by atoms with Crippen LogP contribution in [-0.4, -0.2) is 29.0 Å². The summed E-state index contributed by atoms with van der Waals surface area (Å²) in [5, 5.41) is 17.2. The summed E-state index contributed by atoms with van der Waals surface area (Å²) in [4.78, 5) is 22.4. The number of hydrogen-bond donors (Lipinski definition) is 2. The standard InChI is InChI=1S/C14H16FN3O3/c15-8-1-4-12(13(5-8)18(20)21)14(19)17-11-6-9-2-3-10(7-11)16-9/h1,4-5,9-11,16H,2-3,6-7H2,(H,17,19). The summed E-state index contributed by atoms with van der Waals surface area (Å²) >= 11 is 0. The Kier molecular flexibility index (Phi) is 3.59. The topological polar surface area (TPSA) is 84.3 Å². The van der Waals surface area contributed by atoms with Crippen molar-refractivity contribution in [3.63, 3.8) is 0 Å². The predicted molar refractivity (Wildman–Crippen MR) is 73.5 cm³/mol. The number of nitro benzene ring substituents is 1. The van der Waals surface area contributed by atoms with Gasteiger partial charge in [-0.3, -0.25) is 14.9 Å². The normalized spacial score (nSPS) is 27.4. The van der Waals surface area contributed by atoms with Crippen LogP contribution in [0.25, 0.3) is 0 Å². The molecule has 0 aliphatic carbocycles. The maximum atomic E-state index is 13.1. The number of rotatable bonds is 3. The van der Waals surface area contributed by atoms with Gasteiger partial charge < -0.3 is 10.6 Å². The van der Waals surface area contributed by atoms with Gasteiger partial charge in [-0.2, -0.15) is 0 Å². The van der Waals surface area contributed by atoms with E-state index in [1.165, 1.54) is 6.07 Å². The monoisotopic (exact) mass is 293 g/mol. The fourth-order valence-electron chi connectivity index (χ4n) is 3.29. The van der Waals surface area contributed by atoms with E-state index in [-0.39, 0.29) is 11.6 Å². The Morgan fingerprint density at radius 3 is 2.62 bits per heavy atom. The molecule has 2 aliphatic rings. The first-order chi connectivity index (χ1) is 10.0. The predicted octanol–water partition coefficient (Wildman–Crippen LogP) is 1.75. The minimum absolute atomic E-state index is 0.0147. The van der Waals surface area contributed by atoms with Crippen molar-refractivity contribution in [2.75, 3.05) is 0 Å². The van der Waals surface area contributed by atoms with E-state index in [9.17, 15) is 19.3 Å². The highest BCUT2D eigenvalue weighted by Crippen LogP contribution is 2.27. The second-order valence-electron chi connectivity index (χ2n) is 5.70. The van der Waals surface area contributed by atoms with Gasteiger partial charge in [-0.15, -0.1) is 0 Å². The van der Waals surface area contributed by atoms with E-state index < -0.39 is 22.3 Å². The first-order valence-electron chi connectivity index (χ1n) is 7.04. The zero-order valence-electron chi connectivity index (χ0n) is 11.3. The van der Waals surface area contributed by atoms with Crippen molar-refractivity contribution in [3.05, 3.63) is 39.7 Å². The fourth-order valence-corrected chi connectivity index (χ4v) is 3.29. The second kappa shape index (κ2) is 5.40. The third kappa shape index (κ3) is 2.87. The molecule has 2 unspecified atom stereocenters. The number of nitro groups is 1. The lowest BCUT2D eigenvalue weighted by molar-refractivity contribution is -0.385. The average molecular weight is 293 g/mol. The number of halogens is 1. The van der Waals surface area contributed by atoms with E-state index in [1.54, 1.807) is 0 Å². The molecule has 2 aliphatic heterocycles. The molecule has 0 radical (unpaired) electrons. The van der Waals surface area contributed by atoms with Crippen LogP contribution in [0.4, 0.5) is 10.1 Å². The Labute approximate surface area is 120 Å². The summed E-state index contributed by atoms with van der Waals surface area (Å²) in [7, 11) is 0. The molecule has 21 heavy (non-hydrogen) atoms. The maximum Gasteiger partial charge on any atom is 0.285 e. The lowest BCUT2D eigenvalue weighted by Gasteiger charge is -2.29. The highest BCUT2D eigenvalue weighted by Gasteiger charge is 2.34.